The van der Waals surface area contributed by atoms with Crippen molar-refractivity contribution in [3.05, 3.63) is 29.6 Å². The van der Waals surface area contributed by atoms with E-state index < -0.39 is 0 Å². The van der Waals surface area contributed by atoms with E-state index in [1.165, 1.54) is 43.9 Å². The summed E-state index contributed by atoms with van der Waals surface area (Å²) in [5.74, 6) is 0.604. The van der Waals surface area contributed by atoms with E-state index in [9.17, 15) is 9.50 Å². The minimum absolute atomic E-state index is 0.207. The van der Waals surface area contributed by atoms with Gasteiger partial charge in [-0.15, -0.1) is 0 Å². The Morgan fingerprint density at radius 3 is 2.65 bits per heavy atom. The Balaban J connectivity index is 2.07. The zero-order valence-electron chi connectivity index (χ0n) is 12.6. The molecule has 2 rings (SSSR count). The zero-order chi connectivity index (χ0) is 14.5. The normalized spacial score (nSPS) is 16.4. The molecule has 1 aromatic rings. The molecule has 0 saturated heterocycles. The molecule has 0 aliphatic heterocycles. The van der Waals surface area contributed by atoms with Crippen LogP contribution in [0, 0.1) is 11.7 Å². The Morgan fingerprint density at radius 1 is 1.30 bits per heavy atom. The maximum Gasteiger partial charge on any atom is 0.123 e. The summed E-state index contributed by atoms with van der Waals surface area (Å²) in [5, 5.41) is 9.91. The van der Waals surface area contributed by atoms with Crippen LogP contribution in [0.15, 0.2) is 18.2 Å². The van der Waals surface area contributed by atoms with Crippen LogP contribution in [0.1, 0.15) is 51.5 Å². The number of halogens is 1. The van der Waals surface area contributed by atoms with E-state index in [-0.39, 0.29) is 11.6 Å². The molecule has 0 aromatic heterocycles. The van der Waals surface area contributed by atoms with Crippen LogP contribution in [0.2, 0.25) is 0 Å². The van der Waals surface area contributed by atoms with Gasteiger partial charge >= 0.3 is 0 Å². The first-order chi connectivity index (χ1) is 9.56. The second-order valence-electron chi connectivity index (χ2n) is 6.36. The molecule has 1 saturated carbocycles. The van der Waals surface area contributed by atoms with Crippen molar-refractivity contribution in [1.29, 1.82) is 0 Å². The Bertz CT molecular complexity index is 427. The predicted octanol–water partition coefficient (Wildman–Crippen LogP) is 4.32. The molecule has 1 N–H and O–H groups in total. The van der Waals surface area contributed by atoms with E-state index in [1.54, 1.807) is 0 Å². The number of hydrogen-bond donors (Lipinski definition) is 1. The van der Waals surface area contributed by atoms with Gasteiger partial charge in [0, 0.05) is 18.2 Å². The van der Waals surface area contributed by atoms with Crippen molar-refractivity contribution in [2.75, 3.05) is 6.54 Å². The second-order valence-corrected chi connectivity index (χ2v) is 6.36. The minimum atomic E-state index is -0.270. The number of phenols is 1. The lowest BCUT2D eigenvalue weighted by atomic mass is 10.1. The minimum Gasteiger partial charge on any atom is -0.508 e. The standard InChI is InChI=1S/C17H26FNO/c1-13(2)9-10-19(16-5-3-4-6-16)12-14-11-15(18)7-8-17(14)20/h7-8,11,13,16,20H,3-6,9-10,12H2,1-2H3. The average Bonchev–Trinajstić information content (AvgIpc) is 2.92. The maximum atomic E-state index is 13.4. The molecule has 1 aromatic carbocycles. The molecular formula is C17H26FNO. The third-order valence-corrected chi connectivity index (χ3v) is 4.25. The number of nitrogens with zero attached hydrogens (tertiary/aromatic N) is 1. The molecule has 0 heterocycles. The van der Waals surface area contributed by atoms with Gasteiger partial charge in [0.05, 0.1) is 0 Å². The van der Waals surface area contributed by atoms with Crippen molar-refractivity contribution in [2.24, 2.45) is 5.92 Å². The molecule has 1 aliphatic rings. The Hall–Kier alpha value is -1.09. The molecule has 20 heavy (non-hydrogen) atoms. The highest BCUT2D eigenvalue weighted by atomic mass is 19.1. The molecule has 2 nitrogen and oxygen atoms in total. The molecule has 1 fully saturated rings. The van der Waals surface area contributed by atoms with Gasteiger partial charge < -0.3 is 5.11 Å². The van der Waals surface area contributed by atoms with Gasteiger partial charge in [-0.3, -0.25) is 4.90 Å². The quantitative estimate of drug-likeness (QED) is 0.838. The second kappa shape index (κ2) is 7.07. The van der Waals surface area contributed by atoms with Crippen LogP contribution in [0.3, 0.4) is 0 Å². The largest absolute Gasteiger partial charge is 0.508 e. The van der Waals surface area contributed by atoms with E-state index in [1.807, 2.05) is 0 Å². The number of aromatic hydroxyl groups is 1. The van der Waals surface area contributed by atoms with Gasteiger partial charge in [0.1, 0.15) is 11.6 Å². The lowest BCUT2D eigenvalue weighted by Gasteiger charge is -2.29. The lowest BCUT2D eigenvalue weighted by Crippen LogP contribution is -2.34. The molecule has 0 bridgehead atoms. The SMILES string of the molecule is CC(C)CCN(Cc1cc(F)ccc1O)C1CCCC1. The molecular weight excluding hydrogens is 253 g/mol. The topological polar surface area (TPSA) is 23.5 Å². The van der Waals surface area contributed by atoms with E-state index >= 15 is 0 Å². The summed E-state index contributed by atoms with van der Waals surface area (Å²) in [6.45, 7) is 6.14. The fraction of sp³-hybridized carbons (Fsp3) is 0.647. The van der Waals surface area contributed by atoms with Crippen LogP contribution in [-0.2, 0) is 6.54 Å². The van der Waals surface area contributed by atoms with Crippen molar-refractivity contribution in [1.82, 2.24) is 4.90 Å². The third kappa shape index (κ3) is 4.20. The van der Waals surface area contributed by atoms with Crippen molar-refractivity contribution in [2.45, 2.75) is 58.5 Å². The van der Waals surface area contributed by atoms with Crippen LogP contribution < -0.4 is 0 Å². The van der Waals surface area contributed by atoms with Gasteiger partial charge in [0.15, 0.2) is 0 Å². The van der Waals surface area contributed by atoms with E-state index in [4.69, 9.17) is 0 Å². The van der Waals surface area contributed by atoms with E-state index in [2.05, 4.69) is 18.7 Å². The summed E-state index contributed by atoms with van der Waals surface area (Å²) >= 11 is 0. The van der Waals surface area contributed by atoms with Gasteiger partial charge in [0.25, 0.3) is 0 Å². The van der Waals surface area contributed by atoms with Crippen molar-refractivity contribution < 1.29 is 9.50 Å². The summed E-state index contributed by atoms with van der Waals surface area (Å²) in [7, 11) is 0. The van der Waals surface area contributed by atoms with Gasteiger partial charge in [-0.2, -0.15) is 0 Å². The Morgan fingerprint density at radius 2 is 2.00 bits per heavy atom. The predicted molar refractivity (Wildman–Crippen MR) is 80.2 cm³/mol. The van der Waals surface area contributed by atoms with Gasteiger partial charge in [-0.05, 0) is 49.9 Å². The summed E-state index contributed by atoms with van der Waals surface area (Å²) in [6, 6.07) is 4.83. The Kier molecular flexibility index (Phi) is 5.41. The van der Waals surface area contributed by atoms with Crippen LogP contribution in [-0.4, -0.2) is 22.6 Å². The zero-order valence-corrected chi connectivity index (χ0v) is 12.6. The molecule has 0 amide bonds. The maximum absolute atomic E-state index is 13.4. The summed E-state index contributed by atoms with van der Waals surface area (Å²) < 4.78 is 13.4. The van der Waals surface area contributed by atoms with Crippen molar-refractivity contribution >= 4 is 0 Å². The highest BCUT2D eigenvalue weighted by Gasteiger charge is 2.23. The van der Waals surface area contributed by atoms with Crippen molar-refractivity contribution in [3.63, 3.8) is 0 Å². The molecule has 0 unspecified atom stereocenters. The molecule has 112 valence electrons. The number of rotatable bonds is 6. The lowest BCUT2D eigenvalue weighted by molar-refractivity contribution is 0.177. The monoisotopic (exact) mass is 279 g/mol. The Labute approximate surface area is 121 Å². The van der Waals surface area contributed by atoms with Crippen LogP contribution in [0.4, 0.5) is 4.39 Å². The fourth-order valence-electron chi connectivity index (χ4n) is 2.98. The third-order valence-electron chi connectivity index (χ3n) is 4.25. The number of benzene rings is 1. The van der Waals surface area contributed by atoms with E-state index in [0.29, 0.717) is 24.1 Å². The summed E-state index contributed by atoms with van der Waals surface area (Å²) in [4.78, 5) is 2.43. The smallest absolute Gasteiger partial charge is 0.123 e. The first-order valence-electron chi connectivity index (χ1n) is 7.77. The summed E-state index contributed by atoms with van der Waals surface area (Å²) in [6.07, 6.45) is 6.19. The van der Waals surface area contributed by atoms with Gasteiger partial charge in [-0.1, -0.05) is 26.7 Å². The highest BCUT2D eigenvalue weighted by molar-refractivity contribution is 5.32. The fourth-order valence-corrected chi connectivity index (χ4v) is 2.98. The number of hydrogen-bond acceptors (Lipinski definition) is 2. The van der Waals surface area contributed by atoms with Crippen LogP contribution in [0.5, 0.6) is 5.75 Å². The first-order valence-corrected chi connectivity index (χ1v) is 7.77. The molecule has 0 atom stereocenters. The average molecular weight is 279 g/mol. The molecule has 0 radical (unpaired) electrons. The molecule has 0 spiro atoms. The summed E-state index contributed by atoms with van der Waals surface area (Å²) in [5.41, 5.74) is 0.709. The first kappa shape index (κ1) is 15.3. The molecule has 1 aliphatic carbocycles. The van der Waals surface area contributed by atoms with Crippen molar-refractivity contribution in [3.8, 4) is 5.75 Å². The van der Waals surface area contributed by atoms with Gasteiger partial charge in [-0.25, -0.2) is 4.39 Å². The van der Waals surface area contributed by atoms with E-state index in [0.717, 1.165) is 13.0 Å². The number of phenolic OH excluding ortho intramolecular Hbond substituents is 1. The van der Waals surface area contributed by atoms with Crippen LogP contribution >= 0.6 is 0 Å². The van der Waals surface area contributed by atoms with Crippen LogP contribution in [0.25, 0.3) is 0 Å². The van der Waals surface area contributed by atoms with Gasteiger partial charge in [0.2, 0.25) is 0 Å². The highest BCUT2D eigenvalue weighted by Crippen LogP contribution is 2.28. The molecule has 3 heteroatoms.